The first kappa shape index (κ1) is 14.6. The minimum Gasteiger partial charge on any atom is -0.469 e. The van der Waals surface area contributed by atoms with E-state index >= 15 is 0 Å². The van der Waals surface area contributed by atoms with Crippen molar-refractivity contribution >= 4 is 10.0 Å². The lowest BCUT2D eigenvalue weighted by molar-refractivity contribution is 0.261. The molecule has 1 aromatic rings. The van der Waals surface area contributed by atoms with Gasteiger partial charge in [0.05, 0.1) is 12.5 Å². The second kappa shape index (κ2) is 6.54. The number of rotatable bonds is 6. The van der Waals surface area contributed by atoms with Crippen LogP contribution in [0.4, 0.5) is 0 Å². The minimum atomic E-state index is -3.03. The van der Waals surface area contributed by atoms with Gasteiger partial charge in [0.1, 0.15) is 5.76 Å². The fourth-order valence-electron chi connectivity index (χ4n) is 2.47. The summed E-state index contributed by atoms with van der Waals surface area (Å²) in [5.74, 6) is 1.40. The summed E-state index contributed by atoms with van der Waals surface area (Å²) in [4.78, 5) is 0. The van der Waals surface area contributed by atoms with Gasteiger partial charge in [-0.25, -0.2) is 12.7 Å². The Labute approximate surface area is 115 Å². The van der Waals surface area contributed by atoms with Crippen LogP contribution in [0.5, 0.6) is 0 Å². The molecule has 0 spiro atoms. The number of nitrogens with zero attached hydrogens (tertiary/aromatic N) is 1. The molecule has 1 aliphatic rings. The Morgan fingerprint density at radius 1 is 1.53 bits per heavy atom. The highest BCUT2D eigenvalue weighted by atomic mass is 32.2. The fraction of sp³-hybridized carbons (Fsp3) is 0.692. The van der Waals surface area contributed by atoms with E-state index in [4.69, 9.17) is 4.42 Å². The molecule has 1 aromatic heterocycles. The molecule has 6 heteroatoms. The molecule has 5 nitrogen and oxygen atoms in total. The van der Waals surface area contributed by atoms with Crippen LogP contribution in [0.25, 0.3) is 0 Å². The third-order valence-corrected chi connectivity index (χ3v) is 4.78. The average molecular weight is 286 g/mol. The molecule has 19 heavy (non-hydrogen) atoms. The second-order valence-electron chi connectivity index (χ2n) is 5.16. The first-order valence-corrected chi connectivity index (χ1v) is 8.59. The highest BCUT2D eigenvalue weighted by molar-refractivity contribution is 7.88. The van der Waals surface area contributed by atoms with E-state index in [-0.39, 0.29) is 0 Å². The minimum absolute atomic E-state index is 0.417. The van der Waals surface area contributed by atoms with Gasteiger partial charge in [0.25, 0.3) is 0 Å². The molecule has 1 fully saturated rings. The van der Waals surface area contributed by atoms with E-state index in [1.165, 1.54) is 6.26 Å². The van der Waals surface area contributed by atoms with Gasteiger partial charge in [-0.2, -0.15) is 0 Å². The topological polar surface area (TPSA) is 62.6 Å². The largest absolute Gasteiger partial charge is 0.469 e. The van der Waals surface area contributed by atoms with Crippen LogP contribution < -0.4 is 5.32 Å². The van der Waals surface area contributed by atoms with Crippen LogP contribution in [-0.4, -0.2) is 45.2 Å². The Hall–Kier alpha value is -0.850. The van der Waals surface area contributed by atoms with E-state index in [1.807, 2.05) is 12.1 Å². The molecule has 0 saturated carbocycles. The zero-order valence-corrected chi connectivity index (χ0v) is 12.2. The number of nitrogens with one attached hydrogen (secondary N) is 1. The summed E-state index contributed by atoms with van der Waals surface area (Å²) in [5, 5.41) is 3.38. The maximum Gasteiger partial charge on any atom is 0.211 e. The molecule has 1 aliphatic heterocycles. The lowest BCUT2D eigenvalue weighted by Crippen LogP contribution is -2.42. The fourth-order valence-corrected chi connectivity index (χ4v) is 3.41. The number of sulfonamides is 1. The summed E-state index contributed by atoms with van der Waals surface area (Å²) in [6.07, 6.45) is 5.90. The molecule has 2 heterocycles. The van der Waals surface area contributed by atoms with Crippen molar-refractivity contribution in [2.24, 2.45) is 5.92 Å². The van der Waals surface area contributed by atoms with E-state index in [1.54, 1.807) is 10.6 Å². The molecule has 1 atom stereocenters. The van der Waals surface area contributed by atoms with Crippen LogP contribution in [-0.2, 0) is 16.4 Å². The summed E-state index contributed by atoms with van der Waals surface area (Å²) in [6, 6.07) is 3.86. The lowest BCUT2D eigenvalue weighted by Gasteiger charge is -2.31. The third kappa shape index (κ3) is 4.63. The second-order valence-corrected chi connectivity index (χ2v) is 7.15. The standard InChI is InChI=1S/C13H22N2O3S/c1-19(16,17)15-8-2-4-12(11-15)10-14-7-6-13-5-3-9-18-13/h3,5,9,12,14H,2,4,6-8,10-11H2,1H3. The van der Waals surface area contributed by atoms with Crippen molar-refractivity contribution in [3.63, 3.8) is 0 Å². The average Bonchev–Trinajstić information content (AvgIpc) is 2.87. The monoisotopic (exact) mass is 286 g/mol. The quantitative estimate of drug-likeness (QED) is 0.795. The molecule has 2 rings (SSSR count). The molecule has 0 aliphatic carbocycles. The van der Waals surface area contributed by atoms with Gasteiger partial charge in [-0.15, -0.1) is 0 Å². The van der Waals surface area contributed by atoms with Crippen molar-refractivity contribution in [3.05, 3.63) is 24.2 Å². The summed E-state index contributed by atoms with van der Waals surface area (Å²) in [7, 11) is -3.03. The van der Waals surface area contributed by atoms with Crippen LogP contribution in [0, 0.1) is 5.92 Å². The van der Waals surface area contributed by atoms with Crippen LogP contribution in [0.15, 0.2) is 22.8 Å². The number of hydrogen-bond donors (Lipinski definition) is 1. The van der Waals surface area contributed by atoms with E-state index < -0.39 is 10.0 Å². The molecular formula is C13H22N2O3S. The first-order valence-electron chi connectivity index (χ1n) is 6.74. The highest BCUT2D eigenvalue weighted by Crippen LogP contribution is 2.17. The summed E-state index contributed by atoms with van der Waals surface area (Å²) < 4.78 is 29.9. The van der Waals surface area contributed by atoms with Gasteiger partial charge in [0, 0.05) is 26.1 Å². The predicted octanol–water partition coefficient (Wildman–Crippen LogP) is 1.08. The van der Waals surface area contributed by atoms with Gasteiger partial charge in [0.2, 0.25) is 10.0 Å². The lowest BCUT2D eigenvalue weighted by atomic mass is 10.00. The van der Waals surface area contributed by atoms with Gasteiger partial charge in [0.15, 0.2) is 0 Å². The van der Waals surface area contributed by atoms with Crippen molar-refractivity contribution < 1.29 is 12.8 Å². The molecule has 1 saturated heterocycles. The van der Waals surface area contributed by atoms with Gasteiger partial charge >= 0.3 is 0 Å². The maximum absolute atomic E-state index is 11.5. The van der Waals surface area contributed by atoms with Gasteiger partial charge < -0.3 is 9.73 Å². The van der Waals surface area contributed by atoms with Crippen LogP contribution in [0.1, 0.15) is 18.6 Å². The summed E-state index contributed by atoms with van der Waals surface area (Å²) in [6.45, 7) is 3.05. The summed E-state index contributed by atoms with van der Waals surface area (Å²) in [5.41, 5.74) is 0. The van der Waals surface area contributed by atoms with E-state index in [0.29, 0.717) is 19.0 Å². The molecule has 0 aromatic carbocycles. The molecule has 0 amide bonds. The number of furan rings is 1. The Bertz CT molecular complexity index is 470. The van der Waals surface area contributed by atoms with Gasteiger partial charge in [-0.3, -0.25) is 0 Å². The number of hydrogen-bond acceptors (Lipinski definition) is 4. The van der Waals surface area contributed by atoms with Gasteiger partial charge in [-0.05, 0) is 37.4 Å². The normalized spacial score (nSPS) is 21.6. The Morgan fingerprint density at radius 3 is 3.05 bits per heavy atom. The molecule has 0 radical (unpaired) electrons. The van der Waals surface area contributed by atoms with E-state index in [9.17, 15) is 8.42 Å². The van der Waals surface area contributed by atoms with E-state index in [2.05, 4.69) is 5.32 Å². The predicted molar refractivity (Wildman–Crippen MR) is 74.4 cm³/mol. The molecule has 0 bridgehead atoms. The zero-order valence-electron chi connectivity index (χ0n) is 11.3. The molecule has 1 N–H and O–H groups in total. The van der Waals surface area contributed by atoms with E-state index in [0.717, 1.165) is 38.1 Å². The van der Waals surface area contributed by atoms with Crippen molar-refractivity contribution in [1.29, 1.82) is 0 Å². The Balaban J connectivity index is 1.68. The van der Waals surface area contributed by atoms with Crippen LogP contribution in [0.3, 0.4) is 0 Å². The van der Waals surface area contributed by atoms with Crippen molar-refractivity contribution in [3.8, 4) is 0 Å². The van der Waals surface area contributed by atoms with Crippen LogP contribution in [0.2, 0.25) is 0 Å². The first-order chi connectivity index (χ1) is 9.05. The highest BCUT2D eigenvalue weighted by Gasteiger charge is 2.25. The SMILES string of the molecule is CS(=O)(=O)N1CCCC(CNCCc2ccco2)C1. The molecule has 1 unspecified atom stereocenters. The maximum atomic E-state index is 11.5. The molecule has 108 valence electrons. The Kier molecular flexibility index (Phi) is 5.01. The Morgan fingerprint density at radius 2 is 2.37 bits per heavy atom. The zero-order chi connectivity index (χ0) is 13.7. The number of piperidine rings is 1. The molecular weight excluding hydrogens is 264 g/mol. The van der Waals surface area contributed by atoms with Crippen molar-refractivity contribution in [2.45, 2.75) is 19.3 Å². The smallest absolute Gasteiger partial charge is 0.211 e. The van der Waals surface area contributed by atoms with Crippen molar-refractivity contribution in [1.82, 2.24) is 9.62 Å². The van der Waals surface area contributed by atoms with Gasteiger partial charge in [-0.1, -0.05) is 0 Å². The third-order valence-electron chi connectivity index (χ3n) is 3.51. The summed E-state index contributed by atoms with van der Waals surface area (Å²) >= 11 is 0. The van der Waals surface area contributed by atoms with Crippen molar-refractivity contribution in [2.75, 3.05) is 32.4 Å². The van der Waals surface area contributed by atoms with Crippen LogP contribution >= 0.6 is 0 Å².